The van der Waals surface area contributed by atoms with E-state index in [1.165, 1.54) is 11.1 Å². The lowest BCUT2D eigenvalue weighted by Gasteiger charge is -2.19. The van der Waals surface area contributed by atoms with Gasteiger partial charge in [-0.3, -0.25) is 4.79 Å². The first-order valence-electron chi connectivity index (χ1n) is 9.11. The molecule has 0 saturated heterocycles. The molecule has 1 atom stereocenters. The van der Waals surface area contributed by atoms with E-state index in [4.69, 9.17) is 10.5 Å². The summed E-state index contributed by atoms with van der Waals surface area (Å²) in [6, 6.07) is 14.1. The van der Waals surface area contributed by atoms with Gasteiger partial charge in [-0.25, -0.2) is 0 Å². The van der Waals surface area contributed by atoms with Crippen LogP contribution in [-0.2, 0) is 19.3 Å². The number of para-hydroxylation sites is 1. The van der Waals surface area contributed by atoms with E-state index in [1.807, 2.05) is 13.0 Å². The van der Waals surface area contributed by atoms with Gasteiger partial charge in [0, 0.05) is 19.0 Å². The molecule has 2 aromatic rings. The number of hydrogen-bond donors (Lipinski definition) is 3. The lowest BCUT2D eigenvalue weighted by molar-refractivity contribution is 0.0996. The summed E-state index contributed by atoms with van der Waals surface area (Å²) in [5, 5.41) is 13.9. The Balaban J connectivity index is 0.00000261. The molecule has 5 nitrogen and oxygen atoms in total. The number of rotatable bonds is 8. The number of aliphatic hydroxyl groups is 1. The number of benzene rings is 2. The van der Waals surface area contributed by atoms with Crippen molar-refractivity contribution in [2.45, 2.75) is 38.3 Å². The van der Waals surface area contributed by atoms with Crippen LogP contribution in [0.4, 0.5) is 0 Å². The van der Waals surface area contributed by atoms with Crippen LogP contribution in [0.3, 0.4) is 0 Å². The Morgan fingerprint density at radius 2 is 1.89 bits per heavy atom. The molecule has 4 N–H and O–H groups in total. The average Bonchev–Trinajstić information content (AvgIpc) is 3.04. The van der Waals surface area contributed by atoms with Gasteiger partial charge in [0.1, 0.15) is 5.75 Å². The van der Waals surface area contributed by atoms with Crippen LogP contribution in [0.5, 0.6) is 5.75 Å². The highest BCUT2D eigenvalue weighted by molar-refractivity contribution is 5.96. The van der Waals surface area contributed by atoms with Gasteiger partial charge in [-0.1, -0.05) is 36.4 Å². The molecule has 0 bridgehead atoms. The molecule has 0 aliphatic heterocycles. The fourth-order valence-corrected chi connectivity index (χ4v) is 3.59. The van der Waals surface area contributed by atoms with Crippen molar-refractivity contribution in [3.05, 3.63) is 64.7 Å². The van der Waals surface area contributed by atoms with Gasteiger partial charge in [0.15, 0.2) is 0 Å². The normalized spacial score (nSPS) is 14.3. The number of amides is 1. The number of carbonyl (C=O) groups is 1. The minimum absolute atomic E-state index is 0. The van der Waals surface area contributed by atoms with E-state index in [0.29, 0.717) is 36.9 Å². The van der Waals surface area contributed by atoms with Crippen LogP contribution < -0.4 is 15.8 Å². The Bertz CT molecular complexity index is 757. The van der Waals surface area contributed by atoms with Crippen molar-refractivity contribution in [3.8, 4) is 5.75 Å². The SMILES string of the molecule is CCOc1c(C[C@@H](O)CNC2Cc3ccccc3C2)cccc1C(N)=O.Cl. The number of halogens is 1. The van der Waals surface area contributed by atoms with E-state index in [9.17, 15) is 9.90 Å². The summed E-state index contributed by atoms with van der Waals surface area (Å²) in [5.41, 5.74) is 9.35. The van der Waals surface area contributed by atoms with Crippen molar-refractivity contribution in [1.82, 2.24) is 5.32 Å². The van der Waals surface area contributed by atoms with E-state index < -0.39 is 12.0 Å². The number of nitrogens with two attached hydrogens (primary N) is 1. The smallest absolute Gasteiger partial charge is 0.252 e. The average molecular weight is 391 g/mol. The largest absolute Gasteiger partial charge is 0.493 e. The van der Waals surface area contributed by atoms with E-state index in [-0.39, 0.29) is 12.4 Å². The molecule has 27 heavy (non-hydrogen) atoms. The zero-order chi connectivity index (χ0) is 18.5. The summed E-state index contributed by atoms with van der Waals surface area (Å²) in [5.74, 6) is -0.0403. The standard InChI is InChI=1S/C21H26N2O3.ClH/c1-2-26-20-16(8-5-9-19(20)21(22)25)12-18(24)13-23-17-10-14-6-3-4-7-15(14)11-17;/h3-9,17-18,23-24H,2,10-13H2,1H3,(H2,22,25);1H/t18-;/m1./s1. The van der Waals surface area contributed by atoms with Crippen LogP contribution in [0.2, 0.25) is 0 Å². The summed E-state index contributed by atoms with van der Waals surface area (Å²) in [7, 11) is 0. The molecule has 0 unspecified atom stereocenters. The Morgan fingerprint density at radius 1 is 1.22 bits per heavy atom. The Hall–Kier alpha value is -2.08. The summed E-state index contributed by atoms with van der Waals surface area (Å²) in [4.78, 5) is 11.6. The van der Waals surface area contributed by atoms with E-state index in [0.717, 1.165) is 18.4 Å². The number of hydrogen-bond acceptors (Lipinski definition) is 4. The number of aliphatic hydroxyl groups excluding tert-OH is 1. The first-order valence-corrected chi connectivity index (χ1v) is 9.11. The molecule has 0 saturated carbocycles. The van der Waals surface area contributed by atoms with Gasteiger partial charge in [0.2, 0.25) is 0 Å². The molecule has 0 aromatic heterocycles. The molecule has 2 aromatic carbocycles. The number of primary amides is 1. The van der Waals surface area contributed by atoms with Gasteiger partial charge in [0.05, 0.1) is 18.3 Å². The second-order valence-corrected chi connectivity index (χ2v) is 6.73. The van der Waals surface area contributed by atoms with Gasteiger partial charge < -0.3 is 20.9 Å². The highest BCUT2D eigenvalue weighted by atomic mass is 35.5. The number of carbonyl (C=O) groups excluding carboxylic acids is 1. The van der Waals surface area contributed by atoms with Crippen molar-refractivity contribution in [3.63, 3.8) is 0 Å². The molecule has 0 radical (unpaired) electrons. The first kappa shape index (κ1) is 21.2. The molecule has 6 heteroatoms. The summed E-state index contributed by atoms with van der Waals surface area (Å²) >= 11 is 0. The Labute approximate surface area is 166 Å². The van der Waals surface area contributed by atoms with Crippen LogP contribution >= 0.6 is 12.4 Å². The van der Waals surface area contributed by atoms with E-state index in [2.05, 4.69) is 29.6 Å². The fourth-order valence-electron chi connectivity index (χ4n) is 3.59. The topological polar surface area (TPSA) is 84.6 Å². The lowest BCUT2D eigenvalue weighted by Crippen LogP contribution is -2.37. The van der Waals surface area contributed by atoms with E-state index in [1.54, 1.807) is 12.1 Å². The zero-order valence-electron chi connectivity index (χ0n) is 15.5. The molecule has 1 aliphatic carbocycles. The molecule has 146 valence electrons. The van der Waals surface area contributed by atoms with Crippen LogP contribution in [0, 0.1) is 0 Å². The van der Waals surface area contributed by atoms with Gasteiger partial charge in [-0.2, -0.15) is 0 Å². The van der Waals surface area contributed by atoms with Crippen molar-refractivity contribution < 1.29 is 14.6 Å². The lowest BCUT2D eigenvalue weighted by atomic mass is 10.0. The van der Waals surface area contributed by atoms with Crippen LogP contribution in [0.15, 0.2) is 42.5 Å². The molecule has 0 fully saturated rings. The maximum Gasteiger partial charge on any atom is 0.252 e. The quantitative estimate of drug-likeness (QED) is 0.645. The number of ether oxygens (including phenoxy) is 1. The first-order chi connectivity index (χ1) is 12.6. The monoisotopic (exact) mass is 390 g/mol. The molecule has 1 aliphatic rings. The Morgan fingerprint density at radius 3 is 2.48 bits per heavy atom. The minimum Gasteiger partial charge on any atom is -0.493 e. The highest BCUT2D eigenvalue weighted by Crippen LogP contribution is 2.26. The molecule has 0 heterocycles. The predicted molar refractivity (Wildman–Crippen MR) is 109 cm³/mol. The number of nitrogens with one attached hydrogen (secondary N) is 1. The summed E-state index contributed by atoms with van der Waals surface area (Å²) in [6.45, 7) is 2.79. The molecular formula is C21H27ClN2O3. The third-order valence-electron chi connectivity index (χ3n) is 4.80. The molecule has 1 amide bonds. The van der Waals surface area contributed by atoms with Crippen LogP contribution in [0.1, 0.15) is 34.0 Å². The van der Waals surface area contributed by atoms with Crippen molar-refractivity contribution >= 4 is 18.3 Å². The number of fused-ring (bicyclic) bond motifs is 1. The van der Waals surface area contributed by atoms with Gasteiger partial charge in [-0.05, 0) is 42.5 Å². The maximum absolute atomic E-state index is 11.6. The summed E-state index contributed by atoms with van der Waals surface area (Å²) in [6.07, 6.45) is 1.82. The third-order valence-corrected chi connectivity index (χ3v) is 4.80. The second kappa shape index (κ2) is 9.74. The van der Waals surface area contributed by atoms with Gasteiger partial charge in [-0.15, -0.1) is 12.4 Å². The third kappa shape index (κ3) is 5.22. The molecule has 3 rings (SSSR count). The van der Waals surface area contributed by atoms with Crippen LogP contribution in [-0.4, -0.2) is 36.3 Å². The minimum atomic E-state index is -0.568. The predicted octanol–water partition coefficient (Wildman–Crippen LogP) is 2.27. The van der Waals surface area contributed by atoms with Gasteiger partial charge in [0.25, 0.3) is 5.91 Å². The van der Waals surface area contributed by atoms with Crippen LogP contribution in [0.25, 0.3) is 0 Å². The fraction of sp³-hybridized carbons (Fsp3) is 0.381. The summed E-state index contributed by atoms with van der Waals surface area (Å²) < 4.78 is 5.62. The van der Waals surface area contributed by atoms with E-state index >= 15 is 0 Å². The van der Waals surface area contributed by atoms with Crippen molar-refractivity contribution in [1.29, 1.82) is 0 Å². The maximum atomic E-state index is 11.6. The van der Waals surface area contributed by atoms with Gasteiger partial charge >= 0.3 is 0 Å². The zero-order valence-corrected chi connectivity index (χ0v) is 16.3. The molecule has 0 spiro atoms. The van der Waals surface area contributed by atoms with Crippen molar-refractivity contribution in [2.75, 3.05) is 13.2 Å². The molecular weight excluding hydrogens is 364 g/mol. The second-order valence-electron chi connectivity index (χ2n) is 6.73. The highest BCUT2D eigenvalue weighted by Gasteiger charge is 2.22. The Kier molecular flexibility index (Phi) is 7.66. The van der Waals surface area contributed by atoms with Crippen molar-refractivity contribution in [2.24, 2.45) is 5.73 Å².